The molecule has 1 aliphatic carbocycles. The predicted molar refractivity (Wildman–Crippen MR) is 66.3 cm³/mol. The van der Waals surface area contributed by atoms with E-state index in [4.69, 9.17) is 0 Å². The summed E-state index contributed by atoms with van der Waals surface area (Å²) >= 11 is 0. The van der Waals surface area contributed by atoms with E-state index in [1.165, 1.54) is 6.42 Å². The van der Waals surface area contributed by atoms with Crippen LogP contribution in [0.5, 0.6) is 0 Å². The van der Waals surface area contributed by atoms with E-state index in [0.29, 0.717) is 12.5 Å². The molecule has 0 aliphatic heterocycles. The lowest BCUT2D eigenvalue weighted by Gasteiger charge is -2.30. The van der Waals surface area contributed by atoms with Crippen LogP contribution in [-0.4, -0.2) is 35.0 Å². The van der Waals surface area contributed by atoms with Crippen molar-refractivity contribution in [2.75, 3.05) is 6.54 Å². The van der Waals surface area contributed by atoms with Crippen molar-refractivity contribution in [1.29, 1.82) is 0 Å². The number of nitrogens with one attached hydrogen (secondary N) is 1. The van der Waals surface area contributed by atoms with Crippen molar-refractivity contribution in [3.05, 3.63) is 0 Å². The van der Waals surface area contributed by atoms with E-state index in [1.54, 1.807) is 0 Å². The van der Waals surface area contributed by atoms with Gasteiger partial charge >= 0.3 is 0 Å². The van der Waals surface area contributed by atoms with Crippen LogP contribution in [0.3, 0.4) is 0 Å². The highest BCUT2D eigenvalue weighted by molar-refractivity contribution is 4.82. The summed E-state index contributed by atoms with van der Waals surface area (Å²) < 4.78 is 0. The standard InChI is InChI=1S/C13H27NO2/c1-3-10(4-2)13(16)9-14-11-7-5-6-8-12(11)15/h10-16H,3-9H2,1-2H3. The predicted octanol–water partition coefficient (Wildman–Crippen LogP) is 1.68. The highest BCUT2D eigenvalue weighted by Gasteiger charge is 2.24. The molecule has 0 saturated heterocycles. The van der Waals surface area contributed by atoms with Crippen molar-refractivity contribution in [2.24, 2.45) is 5.92 Å². The molecule has 3 unspecified atom stereocenters. The highest BCUT2D eigenvalue weighted by Crippen LogP contribution is 2.19. The van der Waals surface area contributed by atoms with E-state index in [1.807, 2.05) is 0 Å². The molecular weight excluding hydrogens is 202 g/mol. The van der Waals surface area contributed by atoms with Crippen LogP contribution in [0.4, 0.5) is 0 Å². The summed E-state index contributed by atoms with van der Waals surface area (Å²) in [7, 11) is 0. The fourth-order valence-electron chi connectivity index (χ4n) is 2.62. The van der Waals surface area contributed by atoms with Crippen LogP contribution in [0, 0.1) is 5.92 Å². The number of rotatable bonds is 6. The fraction of sp³-hybridized carbons (Fsp3) is 1.00. The molecule has 3 N–H and O–H groups in total. The molecule has 1 saturated carbocycles. The maximum atomic E-state index is 9.98. The van der Waals surface area contributed by atoms with Crippen molar-refractivity contribution in [3.63, 3.8) is 0 Å². The van der Waals surface area contributed by atoms with Gasteiger partial charge in [-0.15, -0.1) is 0 Å². The van der Waals surface area contributed by atoms with Crippen LogP contribution in [0.25, 0.3) is 0 Å². The van der Waals surface area contributed by atoms with Crippen LogP contribution >= 0.6 is 0 Å². The molecule has 3 nitrogen and oxygen atoms in total. The lowest BCUT2D eigenvalue weighted by atomic mass is 9.91. The SMILES string of the molecule is CCC(CC)C(O)CNC1CCCCC1O. The Morgan fingerprint density at radius 3 is 2.38 bits per heavy atom. The van der Waals surface area contributed by atoms with E-state index < -0.39 is 0 Å². The summed E-state index contributed by atoms with van der Waals surface area (Å²) in [6.07, 6.45) is 5.81. The van der Waals surface area contributed by atoms with Crippen molar-refractivity contribution < 1.29 is 10.2 Å². The highest BCUT2D eigenvalue weighted by atomic mass is 16.3. The van der Waals surface area contributed by atoms with Gasteiger partial charge in [-0.1, -0.05) is 39.5 Å². The molecule has 1 aliphatic rings. The second-order valence-corrected chi connectivity index (χ2v) is 5.01. The molecule has 0 spiro atoms. The Bertz CT molecular complexity index is 183. The zero-order chi connectivity index (χ0) is 12.0. The van der Waals surface area contributed by atoms with Gasteiger partial charge in [-0.3, -0.25) is 0 Å². The molecule has 0 aromatic carbocycles. The minimum absolute atomic E-state index is 0.192. The first-order valence-corrected chi connectivity index (χ1v) is 6.78. The molecular formula is C13H27NO2. The first kappa shape index (κ1) is 13.9. The van der Waals surface area contributed by atoms with Crippen LogP contribution < -0.4 is 5.32 Å². The Morgan fingerprint density at radius 1 is 1.19 bits per heavy atom. The first-order valence-electron chi connectivity index (χ1n) is 6.78. The van der Waals surface area contributed by atoms with Gasteiger partial charge in [0.05, 0.1) is 12.2 Å². The minimum Gasteiger partial charge on any atom is -0.392 e. The maximum Gasteiger partial charge on any atom is 0.0693 e. The van der Waals surface area contributed by atoms with Gasteiger partial charge in [-0.05, 0) is 18.8 Å². The average molecular weight is 229 g/mol. The fourth-order valence-corrected chi connectivity index (χ4v) is 2.62. The van der Waals surface area contributed by atoms with Gasteiger partial charge < -0.3 is 15.5 Å². The van der Waals surface area contributed by atoms with Crippen LogP contribution in [0.15, 0.2) is 0 Å². The minimum atomic E-state index is -0.274. The van der Waals surface area contributed by atoms with Crippen LogP contribution in [0.2, 0.25) is 0 Å². The normalized spacial score (nSPS) is 28.3. The zero-order valence-electron chi connectivity index (χ0n) is 10.7. The van der Waals surface area contributed by atoms with E-state index in [2.05, 4.69) is 19.2 Å². The maximum absolute atomic E-state index is 9.98. The van der Waals surface area contributed by atoms with E-state index in [9.17, 15) is 10.2 Å². The summed E-state index contributed by atoms with van der Waals surface area (Å²) in [4.78, 5) is 0. The van der Waals surface area contributed by atoms with Crippen molar-refractivity contribution in [3.8, 4) is 0 Å². The van der Waals surface area contributed by atoms with Gasteiger partial charge in [-0.25, -0.2) is 0 Å². The lowest BCUT2D eigenvalue weighted by molar-refractivity contribution is 0.0633. The van der Waals surface area contributed by atoms with Gasteiger partial charge in [-0.2, -0.15) is 0 Å². The molecule has 0 radical (unpaired) electrons. The van der Waals surface area contributed by atoms with Gasteiger partial charge in [0.2, 0.25) is 0 Å². The van der Waals surface area contributed by atoms with Gasteiger partial charge in [0.25, 0.3) is 0 Å². The third-order valence-corrected chi connectivity index (χ3v) is 3.91. The number of hydrogen-bond acceptors (Lipinski definition) is 3. The molecule has 1 fully saturated rings. The van der Waals surface area contributed by atoms with E-state index in [-0.39, 0.29) is 18.2 Å². The van der Waals surface area contributed by atoms with Gasteiger partial charge in [0.15, 0.2) is 0 Å². The Hall–Kier alpha value is -0.120. The monoisotopic (exact) mass is 229 g/mol. The second kappa shape index (κ2) is 7.25. The van der Waals surface area contributed by atoms with Gasteiger partial charge in [0.1, 0.15) is 0 Å². The molecule has 0 aromatic rings. The van der Waals surface area contributed by atoms with E-state index in [0.717, 1.165) is 32.1 Å². The largest absolute Gasteiger partial charge is 0.392 e. The molecule has 16 heavy (non-hydrogen) atoms. The molecule has 3 heteroatoms. The van der Waals surface area contributed by atoms with Crippen LogP contribution in [0.1, 0.15) is 52.4 Å². The third kappa shape index (κ3) is 4.04. The summed E-state index contributed by atoms with van der Waals surface area (Å²) in [5.74, 6) is 0.383. The lowest BCUT2D eigenvalue weighted by Crippen LogP contribution is -2.46. The Morgan fingerprint density at radius 2 is 1.81 bits per heavy atom. The molecule has 3 atom stereocenters. The Kier molecular flexibility index (Phi) is 6.32. The summed E-state index contributed by atoms with van der Waals surface area (Å²) in [6, 6.07) is 0.192. The topological polar surface area (TPSA) is 52.5 Å². The Labute approximate surface area is 99.3 Å². The van der Waals surface area contributed by atoms with E-state index >= 15 is 0 Å². The zero-order valence-corrected chi connectivity index (χ0v) is 10.7. The molecule has 96 valence electrons. The summed E-state index contributed by atoms with van der Waals surface area (Å²) in [5.41, 5.74) is 0. The summed E-state index contributed by atoms with van der Waals surface area (Å²) in [6.45, 7) is 4.85. The molecule has 0 heterocycles. The summed E-state index contributed by atoms with van der Waals surface area (Å²) in [5, 5.41) is 23.1. The molecule has 0 amide bonds. The smallest absolute Gasteiger partial charge is 0.0693 e. The third-order valence-electron chi connectivity index (χ3n) is 3.91. The molecule has 1 rings (SSSR count). The van der Waals surface area contributed by atoms with Crippen molar-refractivity contribution in [1.82, 2.24) is 5.32 Å². The first-order chi connectivity index (χ1) is 7.69. The second-order valence-electron chi connectivity index (χ2n) is 5.01. The Balaban J connectivity index is 2.26. The number of aliphatic hydroxyl groups excluding tert-OH is 2. The van der Waals surface area contributed by atoms with Crippen LogP contribution in [-0.2, 0) is 0 Å². The molecule has 0 aromatic heterocycles. The quantitative estimate of drug-likeness (QED) is 0.649. The van der Waals surface area contributed by atoms with Crippen molar-refractivity contribution in [2.45, 2.75) is 70.6 Å². The number of aliphatic hydroxyl groups is 2. The average Bonchev–Trinajstić information content (AvgIpc) is 2.29. The number of hydrogen-bond donors (Lipinski definition) is 3. The van der Waals surface area contributed by atoms with Gasteiger partial charge in [0, 0.05) is 12.6 Å². The van der Waals surface area contributed by atoms with Crippen molar-refractivity contribution >= 4 is 0 Å². The molecule has 0 bridgehead atoms.